The summed E-state index contributed by atoms with van der Waals surface area (Å²) in [7, 11) is 0. The maximum atomic E-state index is 13.0. The lowest BCUT2D eigenvalue weighted by Crippen LogP contribution is -2.22. The van der Waals surface area contributed by atoms with E-state index in [2.05, 4.69) is 0 Å². The molecule has 86 valence electrons. The standard InChI is InChI=1S/C10H11FN2O3/c11-7-1-2-9(13(15)16)10(5-7)12-4-3-8(14)6-12/h1-2,5,8,14H,3-4,6H2/t8-/m1/s1. The number of anilines is 1. The molecule has 0 saturated carbocycles. The van der Waals surface area contributed by atoms with E-state index in [-0.39, 0.29) is 11.4 Å². The molecule has 5 nitrogen and oxygen atoms in total. The Morgan fingerprint density at radius 3 is 2.88 bits per heavy atom. The summed E-state index contributed by atoms with van der Waals surface area (Å²) in [5, 5.41) is 20.1. The zero-order chi connectivity index (χ0) is 11.7. The van der Waals surface area contributed by atoms with Crippen LogP contribution in [0, 0.1) is 15.9 Å². The van der Waals surface area contributed by atoms with Crippen LogP contribution in [0.15, 0.2) is 18.2 Å². The van der Waals surface area contributed by atoms with Crippen LogP contribution in [0.25, 0.3) is 0 Å². The van der Waals surface area contributed by atoms with Crippen molar-refractivity contribution in [2.45, 2.75) is 12.5 Å². The summed E-state index contributed by atoms with van der Waals surface area (Å²) < 4.78 is 13.0. The first-order chi connectivity index (χ1) is 7.58. The van der Waals surface area contributed by atoms with Crippen LogP contribution in [-0.2, 0) is 0 Å². The lowest BCUT2D eigenvalue weighted by molar-refractivity contribution is -0.384. The van der Waals surface area contributed by atoms with Crippen molar-refractivity contribution < 1.29 is 14.4 Å². The van der Waals surface area contributed by atoms with Gasteiger partial charge in [0.15, 0.2) is 0 Å². The van der Waals surface area contributed by atoms with Crippen molar-refractivity contribution in [3.8, 4) is 0 Å². The Labute approximate surface area is 91.3 Å². The molecule has 0 unspecified atom stereocenters. The van der Waals surface area contributed by atoms with Gasteiger partial charge in [-0.15, -0.1) is 0 Å². The Bertz CT molecular complexity index is 425. The van der Waals surface area contributed by atoms with Crippen LogP contribution in [0.3, 0.4) is 0 Å². The lowest BCUT2D eigenvalue weighted by Gasteiger charge is -2.17. The SMILES string of the molecule is O=[N+]([O-])c1ccc(F)cc1N1CC[C@@H](O)C1. The minimum Gasteiger partial charge on any atom is -0.391 e. The van der Waals surface area contributed by atoms with Crippen LogP contribution in [0.1, 0.15) is 6.42 Å². The number of hydrogen-bond acceptors (Lipinski definition) is 4. The number of nitro groups is 1. The molecule has 6 heteroatoms. The first-order valence-corrected chi connectivity index (χ1v) is 4.95. The fraction of sp³-hybridized carbons (Fsp3) is 0.400. The molecular formula is C10H11FN2O3. The van der Waals surface area contributed by atoms with E-state index in [1.165, 1.54) is 0 Å². The third-order valence-corrected chi connectivity index (χ3v) is 2.64. The third kappa shape index (κ3) is 1.96. The topological polar surface area (TPSA) is 66.6 Å². The molecule has 0 radical (unpaired) electrons. The van der Waals surface area contributed by atoms with E-state index >= 15 is 0 Å². The summed E-state index contributed by atoms with van der Waals surface area (Å²) in [6, 6.07) is 3.35. The second-order valence-electron chi connectivity index (χ2n) is 3.78. The molecule has 0 spiro atoms. The summed E-state index contributed by atoms with van der Waals surface area (Å²) in [5.74, 6) is -0.512. The molecule has 0 amide bonds. The fourth-order valence-corrected chi connectivity index (χ4v) is 1.86. The van der Waals surface area contributed by atoms with Gasteiger partial charge < -0.3 is 10.0 Å². The number of nitrogens with zero attached hydrogens (tertiary/aromatic N) is 2. The molecule has 1 fully saturated rings. The first kappa shape index (κ1) is 10.8. The summed E-state index contributed by atoms with van der Waals surface area (Å²) >= 11 is 0. The average molecular weight is 226 g/mol. The van der Waals surface area contributed by atoms with Crippen LogP contribution < -0.4 is 4.90 Å². The molecule has 1 atom stereocenters. The summed E-state index contributed by atoms with van der Waals surface area (Å²) in [6.45, 7) is 0.815. The van der Waals surface area contributed by atoms with E-state index in [1.807, 2.05) is 0 Å². The number of halogens is 1. The van der Waals surface area contributed by atoms with Gasteiger partial charge in [-0.05, 0) is 12.5 Å². The van der Waals surface area contributed by atoms with E-state index in [9.17, 15) is 19.6 Å². The summed E-state index contributed by atoms with van der Waals surface area (Å²) in [5.41, 5.74) is 0.108. The van der Waals surface area contributed by atoms with Gasteiger partial charge in [0.05, 0.1) is 11.0 Å². The summed E-state index contributed by atoms with van der Waals surface area (Å²) in [4.78, 5) is 11.9. The third-order valence-electron chi connectivity index (χ3n) is 2.64. The Hall–Kier alpha value is -1.69. The van der Waals surface area contributed by atoms with Crippen molar-refractivity contribution in [2.24, 2.45) is 0 Å². The van der Waals surface area contributed by atoms with Gasteiger partial charge in [-0.25, -0.2) is 4.39 Å². The van der Waals surface area contributed by atoms with Gasteiger partial charge in [-0.3, -0.25) is 10.1 Å². The van der Waals surface area contributed by atoms with Gasteiger partial charge in [0.2, 0.25) is 0 Å². The molecule has 0 aromatic heterocycles. The van der Waals surface area contributed by atoms with Gasteiger partial charge >= 0.3 is 0 Å². The Kier molecular flexibility index (Phi) is 2.74. The molecule has 1 heterocycles. The fourth-order valence-electron chi connectivity index (χ4n) is 1.86. The van der Waals surface area contributed by atoms with Crippen molar-refractivity contribution >= 4 is 11.4 Å². The number of nitro benzene ring substituents is 1. The molecule has 1 aliphatic heterocycles. The predicted molar refractivity (Wildman–Crippen MR) is 55.9 cm³/mol. The molecular weight excluding hydrogens is 215 g/mol. The Morgan fingerprint density at radius 1 is 1.56 bits per heavy atom. The number of benzene rings is 1. The predicted octanol–water partition coefficient (Wildman–Crippen LogP) is 1.30. The van der Waals surface area contributed by atoms with Crippen molar-refractivity contribution in [1.29, 1.82) is 0 Å². The second-order valence-corrected chi connectivity index (χ2v) is 3.78. The van der Waals surface area contributed by atoms with Crippen LogP contribution in [-0.4, -0.2) is 29.2 Å². The highest BCUT2D eigenvalue weighted by Crippen LogP contribution is 2.31. The highest BCUT2D eigenvalue weighted by atomic mass is 19.1. The molecule has 1 aromatic carbocycles. The van der Waals surface area contributed by atoms with Crippen LogP contribution in [0.5, 0.6) is 0 Å². The highest BCUT2D eigenvalue weighted by Gasteiger charge is 2.26. The van der Waals surface area contributed by atoms with Gasteiger partial charge in [0.1, 0.15) is 11.5 Å². The van der Waals surface area contributed by atoms with E-state index in [1.54, 1.807) is 4.90 Å². The van der Waals surface area contributed by atoms with E-state index in [4.69, 9.17) is 0 Å². The van der Waals surface area contributed by atoms with E-state index < -0.39 is 16.8 Å². The van der Waals surface area contributed by atoms with Crippen LogP contribution in [0.4, 0.5) is 15.8 Å². The van der Waals surface area contributed by atoms with Crippen molar-refractivity contribution in [3.05, 3.63) is 34.1 Å². The molecule has 0 bridgehead atoms. The van der Waals surface area contributed by atoms with Gasteiger partial charge in [-0.1, -0.05) is 0 Å². The minimum atomic E-state index is -0.542. The van der Waals surface area contributed by atoms with Crippen LogP contribution >= 0.6 is 0 Å². The van der Waals surface area contributed by atoms with E-state index in [0.717, 1.165) is 18.2 Å². The van der Waals surface area contributed by atoms with Crippen molar-refractivity contribution in [1.82, 2.24) is 0 Å². The van der Waals surface area contributed by atoms with E-state index in [0.29, 0.717) is 19.5 Å². The largest absolute Gasteiger partial charge is 0.391 e. The summed E-state index contributed by atoms with van der Waals surface area (Å²) in [6.07, 6.45) is 0.0519. The second kappa shape index (κ2) is 4.05. The monoisotopic (exact) mass is 226 g/mol. The zero-order valence-electron chi connectivity index (χ0n) is 8.47. The normalized spacial score (nSPS) is 20.1. The van der Waals surface area contributed by atoms with Crippen molar-refractivity contribution in [3.63, 3.8) is 0 Å². The molecule has 2 rings (SSSR count). The smallest absolute Gasteiger partial charge is 0.292 e. The molecule has 1 N–H and O–H groups in total. The number of aliphatic hydroxyl groups excluding tert-OH is 1. The molecule has 0 aliphatic carbocycles. The minimum absolute atomic E-state index is 0.129. The quantitative estimate of drug-likeness (QED) is 0.609. The Balaban J connectivity index is 2.37. The molecule has 16 heavy (non-hydrogen) atoms. The molecule has 1 aromatic rings. The maximum absolute atomic E-state index is 13.0. The Morgan fingerprint density at radius 2 is 2.31 bits per heavy atom. The van der Waals surface area contributed by atoms with Gasteiger partial charge in [0.25, 0.3) is 5.69 Å². The van der Waals surface area contributed by atoms with Gasteiger partial charge in [-0.2, -0.15) is 0 Å². The molecule has 1 saturated heterocycles. The highest BCUT2D eigenvalue weighted by molar-refractivity contribution is 5.63. The lowest BCUT2D eigenvalue weighted by atomic mass is 10.2. The zero-order valence-corrected chi connectivity index (χ0v) is 8.47. The van der Waals surface area contributed by atoms with Crippen LogP contribution in [0.2, 0.25) is 0 Å². The average Bonchev–Trinajstić information content (AvgIpc) is 2.64. The first-order valence-electron chi connectivity index (χ1n) is 4.95. The van der Waals surface area contributed by atoms with Gasteiger partial charge in [0, 0.05) is 25.2 Å². The number of aliphatic hydroxyl groups is 1. The molecule has 1 aliphatic rings. The number of rotatable bonds is 2. The number of hydrogen-bond donors (Lipinski definition) is 1. The van der Waals surface area contributed by atoms with Crippen molar-refractivity contribution in [2.75, 3.05) is 18.0 Å². The number of β-amino-alcohol motifs (C(OH)–C–C–N with tert-alkyl or cyclic N) is 1. The maximum Gasteiger partial charge on any atom is 0.292 e.